The molecule has 0 spiro atoms. The number of hydrogen-bond acceptors (Lipinski definition) is 2. The zero-order valence-electron chi connectivity index (χ0n) is 10.5. The van der Waals surface area contributed by atoms with Crippen LogP contribution in [0.4, 0.5) is 0 Å². The SMILES string of the molecule is NCC1(c2cnn(-c3ccccc3)c2)CCCC1. The minimum absolute atomic E-state index is 0.174. The molecule has 0 amide bonds. The molecule has 1 aliphatic carbocycles. The Balaban J connectivity index is 1.94. The van der Waals surface area contributed by atoms with Crippen LogP contribution in [0, 0.1) is 0 Å². The maximum absolute atomic E-state index is 6.01. The first kappa shape index (κ1) is 11.5. The van der Waals surface area contributed by atoms with Gasteiger partial charge in [0.1, 0.15) is 0 Å². The second-order valence-corrected chi connectivity index (χ2v) is 5.20. The van der Waals surface area contributed by atoms with E-state index in [1.54, 1.807) is 0 Å². The third kappa shape index (κ3) is 1.85. The third-order valence-electron chi connectivity index (χ3n) is 4.17. The molecule has 3 nitrogen and oxygen atoms in total. The summed E-state index contributed by atoms with van der Waals surface area (Å²) in [6.07, 6.45) is 9.11. The van der Waals surface area contributed by atoms with Crippen LogP contribution in [0.25, 0.3) is 5.69 Å². The summed E-state index contributed by atoms with van der Waals surface area (Å²) in [5.41, 5.74) is 8.59. The van der Waals surface area contributed by atoms with Crippen molar-refractivity contribution < 1.29 is 0 Å². The van der Waals surface area contributed by atoms with Crippen molar-refractivity contribution in [3.05, 3.63) is 48.3 Å². The number of nitrogens with two attached hydrogens (primary N) is 1. The average Bonchev–Trinajstić information content (AvgIpc) is 3.09. The maximum Gasteiger partial charge on any atom is 0.0645 e. The molecule has 3 heteroatoms. The Morgan fingerprint density at radius 3 is 2.56 bits per heavy atom. The van der Waals surface area contributed by atoms with Crippen molar-refractivity contribution in [3.63, 3.8) is 0 Å². The zero-order chi connectivity index (χ0) is 12.4. The van der Waals surface area contributed by atoms with Gasteiger partial charge >= 0.3 is 0 Å². The Kier molecular flexibility index (Phi) is 2.92. The van der Waals surface area contributed by atoms with Gasteiger partial charge in [-0.05, 0) is 30.5 Å². The minimum atomic E-state index is 0.174. The van der Waals surface area contributed by atoms with Crippen molar-refractivity contribution >= 4 is 0 Å². The van der Waals surface area contributed by atoms with E-state index >= 15 is 0 Å². The van der Waals surface area contributed by atoms with Crippen LogP contribution in [0.5, 0.6) is 0 Å². The molecule has 1 aromatic carbocycles. The fourth-order valence-electron chi connectivity index (χ4n) is 2.98. The fourth-order valence-corrected chi connectivity index (χ4v) is 2.98. The van der Waals surface area contributed by atoms with Crippen molar-refractivity contribution in [2.75, 3.05) is 6.54 Å². The number of benzene rings is 1. The van der Waals surface area contributed by atoms with Crippen LogP contribution in [0.2, 0.25) is 0 Å². The molecule has 0 atom stereocenters. The summed E-state index contributed by atoms with van der Waals surface area (Å²) < 4.78 is 1.95. The van der Waals surface area contributed by atoms with Gasteiger partial charge < -0.3 is 5.73 Å². The topological polar surface area (TPSA) is 43.8 Å². The first-order chi connectivity index (χ1) is 8.84. The van der Waals surface area contributed by atoms with Gasteiger partial charge in [-0.15, -0.1) is 0 Å². The Morgan fingerprint density at radius 2 is 1.89 bits per heavy atom. The third-order valence-corrected chi connectivity index (χ3v) is 4.17. The van der Waals surface area contributed by atoms with Gasteiger partial charge in [-0.25, -0.2) is 4.68 Å². The molecule has 0 aliphatic heterocycles. The normalized spacial score (nSPS) is 18.1. The lowest BCUT2D eigenvalue weighted by Gasteiger charge is -2.25. The highest BCUT2D eigenvalue weighted by molar-refractivity contribution is 5.33. The van der Waals surface area contributed by atoms with Crippen molar-refractivity contribution in [1.29, 1.82) is 0 Å². The van der Waals surface area contributed by atoms with E-state index in [9.17, 15) is 0 Å². The maximum atomic E-state index is 6.01. The smallest absolute Gasteiger partial charge is 0.0645 e. The lowest BCUT2D eigenvalue weighted by Crippen LogP contribution is -2.31. The Labute approximate surface area is 108 Å². The van der Waals surface area contributed by atoms with Crippen molar-refractivity contribution in [1.82, 2.24) is 9.78 Å². The van der Waals surface area contributed by atoms with Crippen LogP contribution in [-0.4, -0.2) is 16.3 Å². The Morgan fingerprint density at radius 1 is 1.17 bits per heavy atom. The Hall–Kier alpha value is -1.61. The highest BCUT2D eigenvalue weighted by Crippen LogP contribution is 2.40. The summed E-state index contributed by atoms with van der Waals surface area (Å²) in [7, 11) is 0. The van der Waals surface area contributed by atoms with E-state index in [-0.39, 0.29) is 5.41 Å². The second-order valence-electron chi connectivity index (χ2n) is 5.20. The highest BCUT2D eigenvalue weighted by atomic mass is 15.3. The monoisotopic (exact) mass is 241 g/mol. The predicted octanol–water partition coefficient (Wildman–Crippen LogP) is 2.64. The number of aromatic nitrogens is 2. The first-order valence-corrected chi connectivity index (χ1v) is 6.65. The van der Waals surface area contributed by atoms with E-state index in [1.807, 2.05) is 29.1 Å². The van der Waals surface area contributed by atoms with Gasteiger partial charge in [-0.2, -0.15) is 5.10 Å². The lowest BCUT2D eigenvalue weighted by atomic mass is 9.81. The summed E-state index contributed by atoms with van der Waals surface area (Å²) in [6, 6.07) is 10.2. The van der Waals surface area contributed by atoms with Crippen molar-refractivity contribution in [3.8, 4) is 5.69 Å². The standard InChI is InChI=1S/C15H19N3/c16-12-15(8-4-5-9-15)13-10-17-18(11-13)14-6-2-1-3-7-14/h1-3,6-7,10-11H,4-5,8-9,12,16H2. The molecule has 1 aromatic heterocycles. The summed E-state index contributed by atoms with van der Waals surface area (Å²) >= 11 is 0. The van der Waals surface area contributed by atoms with Gasteiger partial charge in [-0.3, -0.25) is 0 Å². The molecule has 0 radical (unpaired) electrons. The molecule has 94 valence electrons. The predicted molar refractivity (Wildman–Crippen MR) is 72.8 cm³/mol. The number of nitrogens with zero attached hydrogens (tertiary/aromatic N) is 2. The Bertz CT molecular complexity index is 510. The summed E-state index contributed by atoms with van der Waals surface area (Å²) in [5.74, 6) is 0. The first-order valence-electron chi connectivity index (χ1n) is 6.65. The summed E-state index contributed by atoms with van der Waals surface area (Å²) in [6.45, 7) is 0.730. The molecule has 3 rings (SSSR count). The number of rotatable bonds is 3. The molecule has 2 aromatic rings. The van der Waals surface area contributed by atoms with Gasteiger partial charge in [0.25, 0.3) is 0 Å². The quantitative estimate of drug-likeness (QED) is 0.897. The van der Waals surface area contributed by atoms with Crippen molar-refractivity contribution in [2.24, 2.45) is 5.73 Å². The van der Waals surface area contributed by atoms with Crippen molar-refractivity contribution in [2.45, 2.75) is 31.1 Å². The minimum Gasteiger partial charge on any atom is -0.330 e. The van der Waals surface area contributed by atoms with Gasteiger partial charge in [0, 0.05) is 18.2 Å². The van der Waals surface area contributed by atoms with Gasteiger partial charge in [0.05, 0.1) is 11.9 Å². The van der Waals surface area contributed by atoms with E-state index in [2.05, 4.69) is 23.4 Å². The fraction of sp³-hybridized carbons (Fsp3) is 0.400. The van der Waals surface area contributed by atoms with Crippen LogP contribution in [0.3, 0.4) is 0 Å². The molecule has 0 saturated heterocycles. The van der Waals surface area contributed by atoms with Gasteiger partial charge in [0.15, 0.2) is 0 Å². The molecule has 18 heavy (non-hydrogen) atoms. The molecule has 1 heterocycles. The highest BCUT2D eigenvalue weighted by Gasteiger charge is 2.35. The molecule has 2 N–H and O–H groups in total. The largest absolute Gasteiger partial charge is 0.330 e. The molecule has 0 bridgehead atoms. The van der Waals surface area contributed by atoms with Crippen LogP contribution < -0.4 is 5.73 Å². The van der Waals surface area contributed by atoms with Crippen LogP contribution in [0.15, 0.2) is 42.7 Å². The van der Waals surface area contributed by atoms with E-state index in [1.165, 1.54) is 31.2 Å². The molecule has 1 fully saturated rings. The molecule has 1 saturated carbocycles. The summed E-state index contributed by atoms with van der Waals surface area (Å²) in [4.78, 5) is 0. The molecule has 0 unspecified atom stereocenters. The van der Waals surface area contributed by atoms with E-state index in [0.717, 1.165) is 12.2 Å². The van der Waals surface area contributed by atoms with Gasteiger partial charge in [-0.1, -0.05) is 31.0 Å². The number of para-hydroxylation sites is 1. The van der Waals surface area contributed by atoms with Crippen LogP contribution >= 0.6 is 0 Å². The van der Waals surface area contributed by atoms with E-state index < -0.39 is 0 Å². The molecule has 1 aliphatic rings. The second kappa shape index (κ2) is 4.58. The molecular formula is C15H19N3. The zero-order valence-corrected chi connectivity index (χ0v) is 10.5. The van der Waals surface area contributed by atoms with Crippen LogP contribution in [-0.2, 0) is 5.41 Å². The lowest BCUT2D eigenvalue weighted by molar-refractivity contribution is 0.453. The number of hydrogen-bond donors (Lipinski definition) is 1. The van der Waals surface area contributed by atoms with Crippen LogP contribution in [0.1, 0.15) is 31.2 Å². The average molecular weight is 241 g/mol. The van der Waals surface area contributed by atoms with E-state index in [0.29, 0.717) is 0 Å². The van der Waals surface area contributed by atoms with Gasteiger partial charge in [0.2, 0.25) is 0 Å². The summed E-state index contributed by atoms with van der Waals surface area (Å²) in [5, 5.41) is 4.49. The van der Waals surface area contributed by atoms with E-state index in [4.69, 9.17) is 5.73 Å². The molecular weight excluding hydrogens is 222 g/mol.